The van der Waals surface area contributed by atoms with Crippen LogP contribution >= 0.6 is 0 Å². The van der Waals surface area contributed by atoms with E-state index in [2.05, 4.69) is 22.7 Å². The van der Waals surface area contributed by atoms with Crippen LogP contribution in [0.2, 0.25) is 0 Å². The van der Waals surface area contributed by atoms with E-state index in [1.165, 1.54) is 0 Å². The average Bonchev–Trinajstić information content (AvgIpc) is 3.07. The van der Waals surface area contributed by atoms with Gasteiger partial charge in [0.1, 0.15) is 0 Å². The summed E-state index contributed by atoms with van der Waals surface area (Å²) in [6, 6.07) is 12.1. The lowest BCUT2D eigenvalue weighted by Gasteiger charge is -2.23. The zero-order chi connectivity index (χ0) is 13.1. The molecule has 1 unspecified atom stereocenters. The summed E-state index contributed by atoms with van der Waals surface area (Å²) < 4.78 is 5.39. The highest BCUT2D eigenvalue weighted by Crippen LogP contribution is 2.20. The standard InChI is InChI=1S/C15H19N3O/c1-15(7-8-16-11-15)17-10-13-9-14(19-18-13)12-5-3-2-4-6-12/h2-6,9,16-17H,7-8,10-11H2,1H3. The predicted molar refractivity (Wildman–Crippen MR) is 74.7 cm³/mol. The van der Waals surface area contributed by atoms with Crippen LogP contribution in [0.4, 0.5) is 0 Å². The van der Waals surface area contributed by atoms with Crippen LogP contribution in [0.1, 0.15) is 19.0 Å². The van der Waals surface area contributed by atoms with Crippen LogP contribution < -0.4 is 10.6 Å². The molecule has 2 heterocycles. The fourth-order valence-electron chi connectivity index (χ4n) is 2.41. The van der Waals surface area contributed by atoms with Crippen molar-refractivity contribution in [1.29, 1.82) is 0 Å². The fraction of sp³-hybridized carbons (Fsp3) is 0.400. The Morgan fingerprint density at radius 3 is 2.95 bits per heavy atom. The van der Waals surface area contributed by atoms with Crippen molar-refractivity contribution in [3.05, 3.63) is 42.1 Å². The van der Waals surface area contributed by atoms with Gasteiger partial charge in [-0.3, -0.25) is 0 Å². The van der Waals surface area contributed by atoms with Gasteiger partial charge in [-0.05, 0) is 19.9 Å². The molecule has 3 rings (SSSR count). The Balaban J connectivity index is 1.65. The van der Waals surface area contributed by atoms with Crippen molar-refractivity contribution in [3.63, 3.8) is 0 Å². The highest BCUT2D eigenvalue weighted by molar-refractivity contribution is 5.56. The second-order valence-corrected chi connectivity index (χ2v) is 5.39. The predicted octanol–water partition coefficient (Wildman–Crippen LogP) is 2.18. The quantitative estimate of drug-likeness (QED) is 0.881. The fourth-order valence-corrected chi connectivity index (χ4v) is 2.41. The molecule has 1 atom stereocenters. The SMILES string of the molecule is CC1(NCc2cc(-c3ccccc3)on2)CCNC1. The van der Waals surface area contributed by atoms with E-state index in [4.69, 9.17) is 4.52 Å². The Kier molecular flexibility index (Phi) is 3.36. The topological polar surface area (TPSA) is 50.1 Å². The van der Waals surface area contributed by atoms with E-state index in [-0.39, 0.29) is 5.54 Å². The summed E-state index contributed by atoms with van der Waals surface area (Å²) in [6.45, 7) is 5.08. The van der Waals surface area contributed by atoms with E-state index in [1.54, 1.807) is 0 Å². The molecule has 1 aromatic heterocycles. The molecule has 1 saturated heterocycles. The largest absolute Gasteiger partial charge is 0.356 e. The van der Waals surface area contributed by atoms with Crippen molar-refractivity contribution in [3.8, 4) is 11.3 Å². The lowest BCUT2D eigenvalue weighted by atomic mass is 10.0. The van der Waals surface area contributed by atoms with Gasteiger partial charge in [-0.1, -0.05) is 35.5 Å². The molecule has 19 heavy (non-hydrogen) atoms. The molecule has 4 nitrogen and oxygen atoms in total. The number of rotatable bonds is 4. The molecule has 0 amide bonds. The van der Waals surface area contributed by atoms with Gasteiger partial charge in [-0.15, -0.1) is 0 Å². The van der Waals surface area contributed by atoms with Gasteiger partial charge >= 0.3 is 0 Å². The van der Waals surface area contributed by atoms with Gasteiger partial charge in [-0.25, -0.2) is 0 Å². The minimum Gasteiger partial charge on any atom is -0.356 e. The Morgan fingerprint density at radius 2 is 2.21 bits per heavy atom. The molecule has 4 heteroatoms. The highest BCUT2D eigenvalue weighted by atomic mass is 16.5. The Hall–Kier alpha value is -1.65. The summed E-state index contributed by atoms with van der Waals surface area (Å²) in [5.41, 5.74) is 2.19. The number of hydrogen-bond donors (Lipinski definition) is 2. The summed E-state index contributed by atoms with van der Waals surface area (Å²) in [5.74, 6) is 0.826. The lowest BCUT2D eigenvalue weighted by Crippen LogP contribution is -2.43. The zero-order valence-corrected chi connectivity index (χ0v) is 11.1. The summed E-state index contributed by atoms with van der Waals surface area (Å²) >= 11 is 0. The molecule has 2 N–H and O–H groups in total. The monoisotopic (exact) mass is 257 g/mol. The van der Waals surface area contributed by atoms with Gasteiger partial charge in [0.2, 0.25) is 0 Å². The van der Waals surface area contributed by atoms with E-state index in [0.29, 0.717) is 0 Å². The van der Waals surface area contributed by atoms with Gasteiger partial charge in [0.25, 0.3) is 0 Å². The Morgan fingerprint density at radius 1 is 1.37 bits per heavy atom. The maximum absolute atomic E-state index is 5.39. The number of nitrogens with one attached hydrogen (secondary N) is 2. The van der Waals surface area contributed by atoms with Crippen molar-refractivity contribution >= 4 is 0 Å². The molecule has 2 aromatic rings. The third kappa shape index (κ3) is 2.85. The van der Waals surface area contributed by atoms with Crippen LogP contribution in [0.5, 0.6) is 0 Å². The average molecular weight is 257 g/mol. The van der Waals surface area contributed by atoms with Crippen molar-refractivity contribution in [2.24, 2.45) is 0 Å². The third-order valence-electron chi connectivity index (χ3n) is 3.68. The van der Waals surface area contributed by atoms with Crippen LogP contribution in [0.25, 0.3) is 11.3 Å². The van der Waals surface area contributed by atoms with Crippen molar-refractivity contribution in [2.45, 2.75) is 25.4 Å². The van der Waals surface area contributed by atoms with Crippen molar-refractivity contribution in [1.82, 2.24) is 15.8 Å². The minimum atomic E-state index is 0.172. The molecule has 1 aliphatic rings. The van der Waals surface area contributed by atoms with E-state index >= 15 is 0 Å². The minimum absolute atomic E-state index is 0.172. The molecule has 1 aromatic carbocycles. The maximum Gasteiger partial charge on any atom is 0.167 e. The van der Waals surface area contributed by atoms with Crippen LogP contribution in [-0.2, 0) is 6.54 Å². The number of hydrogen-bond acceptors (Lipinski definition) is 4. The molecule has 0 saturated carbocycles. The van der Waals surface area contributed by atoms with Gasteiger partial charge in [0, 0.05) is 30.3 Å². The summed E-state index contributed by atoms with van der Waals surface area (Å²) in [5, 5.41) is 11.1. The summed E-state index contributed by atoms with van der Waals surface area (Å²) in [6.07, 6.45) is 1.15. The molecule has 0 radical (unpaired) electrons. The zero-order valence-electron chi connectivity index (χ0n) is 11.1. The van der Waals surface area contributed by atoms with E-state index in [1.807, 2.05) is 36.4 Å². The first-order valence-corrected chi connectivity index (χ1v) is 6.72. The van der Waals surface area contributed by atoms with Crippen molar-refractivity contribution in [2.75, 3.05) is 13.1 Å². The molecule has 0 aliphatic carbocycles. The molecule has 1 aliphatic heterocycles. The number of nitrogens with zero attached hydrogens (tertiary/aromatic N) is 1. The number of aromatic nitrogens is 1. The second-order valence-electron chi connectivity index (χ2n) is 5.39. The number of benzene rings is 1. The van der Waals surface area contributed by atoms with Gasteiger partial charge in [-0.2, -0.15) is 0 Å². The highest BCUT2D eigenvalue weighted by Gasteiger charge is 2.27. The second kappa shape index (κ2) is 5.15. The third-order valence-corrected chi connectivity index (χ3v) is 3.68. The molecule has 0 bridgehead atoms. The van der Waals surface area contributed by atoms with Crippen LogP contribution in [-0.4, -0.2) is 23.8 Å². The van der Waals surface area contributed by atoms with Crippen LogP contribution in [0, 0.1) is 0 Å². The molecular formula is C15H19N3O. The van der Waals surface area contributed by atoms with Crippen molar-refractivity contribution < 1.29 is 4.52 Å². The van der Waals surface area contributed by atoms with E-state index in [9.17, 15) is 0 Å². The van der Waals surface area contributed by atoms with E-state index in [0.717, 1.165) is 43.1 Å². The van der Waals surface area contributed by atoms with Gasteiger partial charge in [0.05, 0.1) is 5.69 Å². The Bertz CT molecular complexity index is 529. The van der Waals surface area contributed by atoms with Gasteiger partial charge < -0.3 is 15.2 Å². The molecular weight excluding hydrogens is 238 g/mol. The molecule has 0 spiro atoms. The summed E-state index contributed by atoms with van der Waals surface area (Å²) in [4.78, 5) is 0. The maximum atomic E-state index is 5.39. The Labute approximate surface area is 113 Å². The lowest BCUT2D eigenvalue weighted by molar-refractivity contribution is 0.369. The van der Waals surface area contributed by atoms with E-state index < -0.39 is 0 Å². The first kappa shape index (κ1) is 12.4. The van der Waals surface area contributed by atoms with Crippen LogP contribution in [0.3, 0.4) is 0 Å². The first-order chi connectivity index (χ1) is 9.25. The smallest absolute Gasteiger partial charge is 0.167 e. The molecule has 1 fully saturated rings. The molecule has 100 valence electrons. The normalized spacial score (nSPS) is 22.8. The van der Waals surface area contributed by atoms with Gasteiger partial charge in [0.15, 0.2) is 5.76 Å². The summed E-state index contributed by atoms with van der Waals surface area (Å²) in [7, 11) is 0. The van der Waals surface area contributed by atoms with Crippen LogP contribution in [0.15, 0.2) is 40.9 Å². The first-order valence-electron chi connectivity index (χ1n) is 6.72.